The molecule has 0 radical (unpaired) electrons. The minimum Gasteiger partial charge on any atom is -0.284 e. The van der Waals surface area contributed by atoms with Crippen LogP contribution in [0.15, 0.2) is 35.5 Å². The van der Waals surface area contributed by atoms with Crippen LogP contribution in [-0.4, -0.2) is 18.6 Å². The molecule has 1 heterocycles. The fourth-order valence-corrected chi connectivity index (χ4v) is 2.59. The highest BCUT2D eigenvalue weighted by Gasteiger charge is 2.15. The average Bonchev–Trinajstić information content (AvgIpc) is 2.73. The van der Waals surface area contributed by atoms with Crippen LogP contribution in [0.5, 0.6) is 0 Å². The quantitative estimate of drug-likeness (QED) is 0.912. The number of nitrogens with one attached hydrogen (secondary N) is 2. The molecule has 5 nitrogen and oxygen atoms in total. The van der Waals surface area contributed by atoms with Gasteiger partial charge < -0.3 is 0 Å². The smallest absolute Gasteiger partial charge is 0.262 e. The number of halogens is 2. The van der Waals surface area contributed by atoms with Crippen molar-refractivity contribution in [3.63, 3.8) is 0 Å². The first-order valence-corrected chi connectivity index (χ1v) is 6.69. The lowest BCUT2D eigenvalue weighted by molar-refractivity contribution is 0.601. The highest BCUT2D eigenvalue weighted by atomic mass is 35.5. The minimum atomic E-state index is -3.68. The van der Waals surface area contributed by atoms with Crippen LogP contribution < -0.4 is 4.72 Å². The van der Waals surface area contributed by atoms with E-state index in [0.717, 1.165) is 0 Å². The predicted molar refractivity (Wildman–Crippen MR) is 65.9 cm³/mol. The van der Waals surface area contributed by atoms with Gasteiger partial charge in [-0.05, 0) is 18.2 Å². The Balaban J connectivity index is 2.35. The van der Waals surface area contributed by atoms with Crippen molar-refractivity contribution in [2.24, 2.45) is 0 Å². The molecule has 1 aromatic heterocycles. The first kappa shape index (κ1) is 12.2. The van der Waals surface area contributed by atoms with Crippen LogP contribution in [0.25, 0.3) is 0 Å². The molecule has 2 aromatic rings. The summed E-state index contributed by atoms with van der Waals surface area (Å²) in [5.41, 5.74) is 0.344. The SMILES string of the molecule is O=S(=O)(Nc1cn[nH]c1)c1ccc(Cl)c(Cl)c1. The Labute approximate surface area is 108 Å². The zero-order valence-electron chi connectivity index (χ0n) is 8.31. The molecule has 0 aliphatic rings. The molecule has 8 heteroatoms. The summed E-state index contributed by atoms with van der Waals surface area (Å²) in [6.07, 6.45) is 2.78. The van der Waals surface area contributed by atoms with E-state index in [0.29, 0.717) is 10.7 Å². The number of benzene rings is 1. The molecule has 0 amide bonds. The van der Waals surface area contributed by atoms with Crippen molar-refractivity contribution in [3.05, 3.63) is 40.6 Å². The second-order valence-corrected chi connectivity index (χ2v) is 5.67. The Hall–Kier alpha value is -1.24. The highest BCUT2D eigenvalue weighted by Crippen LogP contribution is 2.25. The van der Waals surface area contributed by atoms with Gasteiger partial charge >= 0.3 is 0 Å². The van der Waals surface area contributed by atoms with E-state index < -0.39 is 10.0 Å². The second kappa shape index (κ2) is 4.56. The fraction of sp³-hybridized carbons (Fsp3) is 0. The van der Waals surface area contributed by atoms with Crippen LogP contribution in [-0.2, 0) is 10.0 Å². The molecule has 0 bridgehead atoms. The number of sulfonamides is 1. The van der Waals surface area contributed by atoms with Crippen molar-refractivity contribution in [2.75, 3.05) is 4.72 Å². The van der Waals surface area contributed by atoms with Gasteiger partial charge in [0.2, 0.25) is 0 Å². The number of H-pyrrole nitrogens is 1. The Morgan fingerprint density at radius 3 is 2.59 bits per heavy atom. The lowest BCUT2D eigenvalue weighted by Crippen LogP contribution is -2.12. The van der Waals surface area contributed by atoms with E-state index in [1.54, 1.807) is 0 Å². The molecule has 0 saturated carbocycles. The van der Waals surface area contributed by atoms with E-state index in [4.69, 9.17) is 23.2 Å². The topological polar surface area (TPSA) is 74.8 Å². The summed E-state index contributed by atoms with van der Waals surface area (Å²) in [6, 6.07) is 4.08. The number of aromatic amines is 1. The average molecular weight is 292 g/mol. The largest absolute Gasteiger partial charge is 0.284 e. The molecule has 90 valence electrons. The van der Waals surface area contributed by atoms with Gasteiger partial charge in [0.25, 0.3) is 10.0 Å². The summed E-state index contributed by atoms with van der Waals surface area (Å²) in [4.78, 5) is 0.0353. The lowest BCUT2D eigenvalue weighted by Gasteiger charge is -2.06. The first-order chi connectivity index (χ1) is 7.99. The van der Waals surface area contributed by atoms with Gasteiger partial charge in [0.05, 0.1) is 26.8 Å². The predicted octanol–water partition coefficient (Wildman–Crippen LogP) is 2.52. The maximum absolute atomic E-state index is 11.9. The zero-order chi connectivity index (χ0) is 12.5. The molecule has 0 aliphatic heterocycles. The summed E-state index contributed by atoms with van der Waals surface area (Å²) in [7, 11) is -3.68. The Morgan fingerprint density at radius 2 is 2.00 bits per heavy atom. The number of aromatic nitrogens is 2. The van der Waals surface area contributed by atoms with Gasteiger partial charge in [-0.2, -0.15) is 5.10 Å². The van der Waals surface area contributed by atoms with Gasteiger partial charge in [0.15, 0.2) is 0 Å². The van der Waals surface area contributed by atoms with Crippen LogP contribution in [0.1, 0.15) is 0 Å². The number of hydrogen-bond donors (Lipinski definition) is 2. The summed E-state index contributed by atoms with van der Waals surface area (Å²) >= 11 is 11.5. The summed E-state index contributed by atoms with van der Waals surface area (Å²) < 4.78 is 26.2. The van der Waals surface area contributed by atoms with E-state index in [-0.39, 0.29) is 9.92 Å². The van der Waals surface area contributed by atoms with Crippen LogP contribution >= 0.6 is 23.2 Å². The fourth-order valence-electron chi connectivity index (χ4n) is 1.16. The molecule has 0 aliphatic carbocycles. The summed E-state index contributed by atoms with van der Waals surface area (Å²) in [6.45, 7) is 0. The number of nitrogens with zero attached hydrogens (tertiary/aromatic N) is 1. The molecule has 2 N–H and O–H groups in total. The molecule has 0 atom stereocenters. The normalized spacial score (nSPS) is 11.4. The van der Waals surface area contributed by atoms with Gasteiger partial charge in [-0.25, -0.2) is 8.42 Å². The molecule has 0 unspecified atom stereocenters. The molecule has 0 saturated heterocycles. The van der Waals surface area contributed by atoms with Crippen molar-refractivity contribution in [3.8, 4) is 0 Å². The summed E-state index contributed by atoms with van der Waals surface area (Å²) in [5.74, 6) is 0. The lowest BCUT2D eigenvalue weighted by atomic mass is 10.4. The zero-order valence-corrected chi connectivity index (χ0v) is 10.6. The molecule has 0 spiro atoms. The standard InChI is InChI=1S/C9H7Cl2N3O2S/c10-8-2-1-7(3-9(8)11)17(15,16)14-6-4-12-13-5-6/h1-5,14H,(H,12,13). The second-order valence-electron chi connectivity index (χ2n) is 3.17. The minimum absolute atomic E-state index is 0.0353. The van der Waals surface area contributed by atoms with Gasteiger partial charge in [0.1, 0.15) is 0 Å². The van der Waals surface area contributed by atoms with Crippen molar-refractivity contribution in [1.29, 1.82) is 0 Å². The third kappa shape index (κ3) is 2.71. The van der Waals surface area contributed by atoms with Crippen LogP contribution in [0.2, 0.25) is 10.0 Å². The van der Waals surface area contributed by atoms with Crippen LogP contribution in [0, 0.1) is 0 Å². The van der Waals surface area contributed by atoms with E-state index in [1.807, 2.05) is 0 Å². The molecular formula is C9H7Cl2N3O2S. The first-order valence-electron chi connectivity index (χ1n) is 4.46. The summed E-state index contributed by atoms with van der Waals surface area (Å²) in [5, 5.41) is 6.61. The van der Waals surface area contributed by atoms with E-state index in [1.165, 1.54) is 30.6 Å². The monoisotopic (exact) mass is 291 g/mol. The third-order valence-corrected chi connectivity index (χ3v) is 4.07. The Bertz CT molecular complexity index is 626. The highest BCUT2D eigenvalue weighted by molar-refractivity contribution is 7.92. The molecular weight excluding hydrogens is 285 g/mol. The van der Waals surface area contributed by atoms with Crippen molar-refractivity contribution in [2.45, 2.75) is 4.90 Å². The third-order valence-electron chi connectivity index (χ3n) is 1.95. The van der Waals surface area contributed by atoms with Gasteiger partial charge in [0, 0.05) is 6.20 Å². The number of rotatable bonds is 3. The van der Waals surface area contributed by atoms with Crippen molar-refractivity contribution in [1.82, 2.24) is 10.2 Å². The molecule has 1 aromatic carbocycles. The molecule has 0 fully saturated rings. The van der Waals surface area contributed by atoms with Crippen LogP contribution in [0.3, 0.4) is 0 Å². The van der Waals surface area contributed by atoms with Crippen molar-refractivity contribution < 1.29 is 8.42 Å². The number of anilines is 1. The Kier molecular flexibility index (Phi) is 3.28. The van der Waals surface area contributed by atoms with Crippen molar-refractivity contribution >= 4 is 38.9 Å². The maximum atomic E-state index is 11.9. The van der Waals surface area contributed by atoms with Crippen LogP contribution in [0.4, 0.5) is 5.69 Å². The van der Waals surface area contributed by atoms with E-state index >= 15 is 0 Å². The maximum Gasteiger partial charge on any atom is 0.262 e. The van der Waals surface area contributed by atoms with Gasteiger partial charge in [-0.3, -0.25) is 9.82 Å². The molecule has 17 heavy (non-hydrogen) atoms. The van der Waals surface area contributed by atoms with E-state index in [9.17, 15) is 8.42 Å². The molecule has 2 rings (SSSR count). The van der Waals surface area contributed by atoms with Gasteiger partial charge in [-0.15, -0.1) is 0 Å². The van der Waals surface area contributed by atoms with Gasteiger partial charge in [-0.1, -0.05) is 23.2 Å². The Morgan fingerprint density at radius 1 is 1.24 bits per heavy atom. The van der Waals surface area contributed by atoms with E-state index in [2.05, 4.69) is 14.9 Å². The number of hydrogen-bond acceptors (Lipinski definition) is 3.